The van der Waals surface area contributed by atoms with E-state index in [9.17, 15) is 30.6 Å². The molecule has 0 radical (unpaired) electrons. The number of hydrogen-bond donors (Lipinski definition) is 8. The molecule has 2 aliphatic rings. The van der Waals surface area contributed by atoms with Crippen LogP contribution in [0.4, 0.5) is 0 Å². The average molecular weight is 342 g/mol. The Hall–Kier alpha value is -0.440. The van der Waals surface area contributed by atoms with E-state index in [0.29, 0.717) is 0 Å². The zero-order valence-electron chi connectivity index (χ0n) is 12.0. The predicted octanol–water partition coefficient (Wildman–Crippen LogP) is -5.40. The normalized spacial score (nSPS) is 51.7. The third-order valence-corrected chi connectivity index (χ3v) is 4.02. The molecule has 2 rings (SSSR count). The van der Waals surface area contributed by atoms with E-state index in [1.807, 2.05) is 0 Å². The van der Waals surface area contributed by atoms with Crippen LogP contribution in [0.5, 0.6) is 0 Å². The summed E-state index contributed by atoms with van der Waals surface area (Å²) in [5.74, 6) is -2.38. The van der Waals surface area contributed by atoms with E-state index in [2.05, 4.69) is 0 Å². The van der Waals surface area contributed by atoms with Crippen molar-refractivity contribution in [1.82, 2.24) is 0 Å². The van der Waals surface area contributed by atoms with E-state index in [4.69, 9.17) is 24.4 Å². The van der Waals surface area contributed by atoms with Crippen LogP contribution < -0.4 is 0 Å². The first-order valence-corrected chi connectivity index (χ1v) is 7.04. The lowest BCUT2D eigenvalue weighted by Gasteiger charge is -2.46. The zero-order valence-corrected chi connectivity index (χ0v) is 12.0. The van der Waals surface area contributed by atoms with Crippen LogP contribution in [0.1, 0.15) is 0 Å². The lowest BCUT2D eigenvalue weighted by molar-refractivity contribution is -0.373. The van der Waals surface area contributed by atoms with Gasteiger partial charge in [0.15, 0.2) is 6.29 Å². The van der Waals surface area contributed by atoms with E-state index in [1.54, 1.807) is 0 Å². The van der Waals surface area contributed by atoms with Crippen LogP contribution >= 0.6 is 0 Å². The minimum Gasteiger partial charge on any atom is -0.394 e. The lowest BCUT2D eigenvalue weighted by atomic mass is 9.96. The second kappa shape index (κ2) is 7.21. The molecular formula is C12H22O11. The van der Waals surface area contributed by atoms with Gasteiger partial charge in [-0.3, -0.25) is 0 Å². The van der Waals surface area contributed by atoms with Crippen LogP contribution in [-0.2, 0) is 14.2 Å². The first-order valence-electron chi connectivity index (χ1n) is 7.04. The van der Waals surface area contributed by atoms with E-state index >= 15 is 0 Å². The maximum atomic E-state index is 10.00. The molecule has 2 aliphatic heterocycles. The largest absolute Gasteiger partial charge is 0.394 e. The summed E-state index contributed by atoms with van der Waals surface area (Å²) in [6, 6.07) is 0. The summed E-state index contributed by atoms with van der Waals surface area (Å²) in [7, 11) is 0. The van der Waals surface area contributed by atoms with Gasteiger partial charge in [0, 0.05) is 0 Å². The average Bonchev–Trinajstić information content (AvgIpc) is 2.55. The Morgan fingerprint density at radius 2 is 1.65 bits per heavy atom. The van der Waals surface area contributed by atoms with Gasteiger partial charge >= 0.3 is 0 Å². The maximum absolute atomic E-state index is 10.00. The highest BCUT2D eigenvalue weighted by Gasteiger charge is 2.52. The Morgan fingerprint density at radius 3 is 2.22 bits per heavy atom. The Bertz CT molecular complexity index is 393. The Morgan fingerprint density at radius 1 is 1.00 bits per heavy atom. The quantitative estimate of drug-likeness (QED) is 0.243. The number of aliphatic hydroxyl groups excluding tert-OH is 7. The molecule has 0 saturated carbocycles. The van der Waals surface area contributed by atoms with Crippen molar-refractivity contribution in [3.05, 3.63) is 0 Å². The smallest absolute Gasteiger partial charge is 0.218 e. The van der Waals surface area contributed by atoms with Crippen molar-refractivity contribution in [2.24, 2.45) is 0 Å². The number of aliphatic hydroxyl groups is 8. The Kier molecular flexibility index (Phi) is 5.92. The molecule has 0 bridgehead atoms. The molecule has 2 saturated heterocycles. The molecule has 23 heavy (non-hydrogen) atoms. The van der Waals surface area contributed by atoms with Gasteiger partial charge in [0.2, 0.25) is 5.79 Å². The molecule has 0 aromatic rings. The van der Waals surface area contributed by atoms with Crippen molar-refractivity contribution >= 4 is 0 Å². The van der Waals surface area contributed by atoms with Crippen LogP contribution in [0.15, 0.2) is 0 Å². The third kappa shape index (κ3) is 3.50. The SMILES string of the molecule is OC[C@H]1OC(O[C@@H]2[C@H](O)COC(O)(CO)[C@H]2O)[C@H](O)[C@@H](O)[C@H]1O. The molecule has 2 unspecified atom stereocenters. The summed E-state index contributed by atoms with van der Waals surface area (Å²) in [5.41, 5.74) is 0. The molecule has 11 heteroatoms. The second-order valence-corrected chi connectivity index (χ2v) is 5.62. The van der Waals surface area contributed by atoms with Gasteiger partial charge in [-0.2, -0.15) is 0 Å². The van der Waals surface area contributed by atoms with Gasteiger partial charge in [-0.05, 0) is 0 Å². The van der Waals surface area contributed by atoms with Crippen molar-refractivity contribution < 1.29 is 55.1 Å². The fraction of sp³-hybridized carbons (Fsp3) is 1.00. The number of rotatable bonds is 4. The van der Waals surface area contributed by atoms with Crippen molar-refractivity contribution in [3.8, 4) is 0 Å². The molecule has 0 aromatic heterocycles. The van der Waals surface area contributed by atoms with Crippen LogP contribution in [0.2, 0.25) is 0 Å². The summed E-state index contributed by atoms with van der Waals surface area (Å²) in [5, 5.41) is 77.1. The zero-order chi connectivity index (χ0) is 17.4. The van der Waals surface area contributed by atoms with Crippen LogP contribution in [0, 0.1) is 0 Å². The van der Waals surface area contributed by atoms with Crippen molar-refractivity contribution in [2.45, 2.75) is 54.8 Å². The first-order chi connectivity index (χ1) is 10.7. The van der Waals surface area contributed by atoms with Gasteiger partial charge in [0.25, 0.3) is 0 Å². The van der Waals surface area contributed by atoms with E-state index in [0.717, 1.165) is 0 Å². The Balaban J connectivity index is 2.12. The van der Waals surface area contributed by atoms with Crippen molar-refractivity contribution in [3.63, 3.8) is 0 Å². The monoisotopic (exact) mass is 342 g/mol. The van der Waals surface area contributed by atoms with E-state index in [-0.39, 0.29) is 0 Å². The van der Waals surface area contributed by atoms with Gasteiger partial charge < -0.3 is 55.1 Å². The Labute approximate surface area is 130 Å². The minimum absolute atomic E-state index is 0.476. The standard InChI is InChI=1S/C12H22O11/c13-1-5-6(16)7(17)8(18)11(22-5)23-9-4(15)2-21-12(20,3-14)10(9)19/h4-11,13-20H,1-3H2/t4-,5-,6+,7+,8-,9-,10+,11?,12?/m1/s1. The number of ether oxygens (including phenoxy) is 3. The molecule has 0 aromatic carbocycles. The second-order valence-electron chi connectivity index (χ2n) is 5.62. The summed E-state index contributed by atoms with van der Waals surface area (Å²) in [4.78, 5) is 0. The summed E-state index contributed by atoms with van der Waals surface area (Å²) >= 11 is 0. The molecule has 136 valence electrons. The molecule has 8 N–H and O–H groups in total. The summed E-state index contributed by atoms with van der Waals surface area (Å²) < 4.78 is 15.1. The van der Waals surface area contributed by atoms with E-state index in [1.165, 1.54) is 0 Å². The maximum Gasteiger partial charge on any atom is 0.218 e. The molecule has 0 amide bonds. The fourth-order valence-electron chi connectivity index (χ4n) is 2.52. The molecule has 0 spiro atoms. The highest BCUT2D eigenvalue weighted by atomic mass is 16.7. The lowest BCUT2D eigenvalue weighted by Crippen LogP contribution is -2.66. The minimum atomic E-state index is -2.38. The summed E-state index contributed by atoms with van der Waals surface area (Å²) in [6.45, 7) is -2.13. The topological polar surface area (TPSA) is 190 Å². The van der Waals surface area contributed by atoms with Crippen LogP contribution in [-0.4, -0.2) is 115 Å². The highest BCUT2D eigenvalue weighted by molar-refractivity contribution is 4.95. The summed E-state index contributed by atoms with van der Waals surface area (Å²) in [6.07, 6.45) is -12.7. The van der Waals surface area contributed by atoms with Crippen molar-refractivity contribution in [2.75, 3.05) is 19.8 Å². The van der Waals surface area contributed by atoms with E-state index < -0.39 is 74.6 Å². The molecular weight excluding hydrogens is 320 g/mol. The molecule has 0 aliphatic carbocycles. The molecule has 9 atom stereocenters. The van der Waals surface area contributed by atoms with Gasteiger partial charge in [0.05, 0.1) is 19.8 Å². The molecule has 2 fully saturated rings. The van der Waals surface area contributed by atoms with Crippen molar-refractivity contribution in [1.29, 1.82) is 0 Å². The van der Waals surface area contributed by atoms with Gasteiger partial charge in [-0.25, -0.2) is 0 Å². The fourth-order valence-corrected chi connectivity index (χ4v) is 2.52. The molecule has 11 nitrogen and oxygen atoms in total. The predicted molar refractivity (Wildman–Crippen MR) is 68.6 cm³/mol. The van der Waals surface area contributed by atoms with Gasteiger partial charge in [-0.15, -0.1) is 0 Å². The highest BCUT2D eigenvalue weighted by Crippen LogP contribution is 2.29. The third-order valence-electron chi connectivity index (χ3n) is 4.02. The number of hydrogen-bond acceptors (Lipinski definition) is 11. The van der Waals surface area contributed by atoms with Crippen LogP contribution in [0.3, 0.4) is 0 Å². The van der Waals surface area contributed by atoms with Gasteiger partial charge in [-0.1, -0.05) is 0 Å². The van der Waals surface area contributed by atoms with Gasteiger partial charge in [0.1, 0.15) is 42.7 Å². The van der Waals surface area contributed by atoms with Crippen LogP contribution in [0.25, 0.3) is 0 Å². The molecule has 2 heterocycles. The first kappa shape index (κ1) is 18.9.